The largest absolute Gasteiger partial charge is 0.453 e. The average molecular weight is 351 g/mol. The minimum Gasteiger partial charge on any atom is -0.350 e. The van der Waals surface area contributed by atoms with Crippen LogP contribution in [0.25, 0.3) is 5.65 Å². The molecule has 0 fully saturated rings. The van der Waals surface area contributed by atoms with Crippen LogP contribution in [0.15, 0.2) is 16.9 Å². The van der Waals surface area contributed by atoms with E-state index in [2.05, 4.69) is 25.3 Å². The van der Waals surface area contributed by atoms with Gasteiger partial charge in [0.1, 0.15) is 11.6 Å². The maximum atomic E-state index is 13.0. The van der Waals surface area contributed by atoms with Crippen molar-refractivity contribution in [2.24, 2.45) is 0 Å². The van der Waals surface area contributed by atoms with Crippen LogP contribution in [0, 0.1) is 6.92 Å². The lowest BCUT2D eigenvalue weighted by molar-refractivity contribution is -0.146. The van der Waals surface area contributed by atoms with Crippen LogP contribution in [0.1, 0.15) is 22.9 Å². The molecule has 11 heteroatoms. The molecule has 0 spiro atoms. The molecule has 3 aromatic heterocycles. The van der Waals surface area contributed by atoms with E-state index in [0.717, 1.165) is 0 Å². The molecule has 0 radical (unpaired) electrons. The van der Waals surface area contributed by atoms with Crippen LogP contribution in [0.4, 0.5) is 19.0 Å². The Labute approximate surface area is 138 Å². The minimum atomic E-state index is -4.65. The molecule has 0 atom stereocenters. The third-order valence-electron chi connectivity index (χ3n) is 4.01. The molecule has 4 rings (SSSR count). The van der Waals surface area contributed by atoms with Gasteiger partial charge < -0.3 is 9.88 Å². The molecule has 130 valence electrons. The minimum absolute atomic E-state index is 0.00335. The molecule has 0 amide bonds. The number of nitrogens with one attached hydrogen (secondary N) is 1. The number of aromatic nitrogens is 6. The SMILES string of the molecule is Cc1nc2c(c(=O)[nH]1)CN(c1ccc3nnc(C(F)(F)F)n3n1)CC2. The molecule has 0 saturated heterocycles. The Morgan fingerprint density at radius 3 is 2.80 bits per heavy atom. The summed E-state index contributed by atoms with van der Waals surface area (Å²) >= 11 is 0. The second-order valence-electron chi connectivity index (χ2n) is 5.73. The molecular formula is C14H12F3N7O. The van der Waals surface area contributed by atoms with E-state index >= 15 is 0 Å². The van der Waals surface area contributed by atoms with Gasteiger partial charge in [-0.25, -0.2) is 4.98 Å². The van der Waals surface area contributed by atoms with Crippen molar-refractivity contribution in [2.45, 2.75) is 26.1 Å². The molecule has 1 aliphatic heterocycles. The van der Waals surface area contributed by atoms with Gasteiger partial charge in [0.2, 0.25) is 0 Å². The van der Waals surface area contributed by atoms with Crippen LogP contribution >= 0.6 is 0 Å². The first kappa shape index (κ1) is 15.5. The van der Waals surface area contributed by atoms with Crippen molar-refractivity contribution in [3.8, 4) is 0 Å². The molecule has 25 heavy (non-hydrogen) atoms. The number of aryl methyl sites for hydroxylation is 1. The number of hydrogen-bond donors (Lipinski definition) is 1. The molecule has 0 aromatic carbocycles. The third-order valence-corrected chi connectivity index (χ3v) is 4.01. The average Bonchev–Trinajstić information content (AvgIpc) is 2.97. The predicted octanol–water partition coefficient (Wildman–Crippen LogP) is 1.10. The van der Waals surface area contributed by atoms with E-state index in [9.17, 15) is 18.0 Å². The first-order chi connectivity index (χ1) is 11.8. The fraction of sp³-hybridized carbons (Fsp3) is 0.357. The number of aromatic amines is 1. The molecule has 0 saturated carbocycles. The van der Waals surface area contributed by atoms with Gasteiger partial charge in [0.15, 0.2) is 5.65 Å². The van der Waals surface area contributed by atoms with E-state index in [-0.39, 0.29) is 17.8 Å². The zero-order valence-electron chi connectivity index (χ0n) is 13.0. The highest BCUT2D eigenvalue weighted by molar-refractivity contribution is 5.47. The molecule has 1 aliphatic rings. The van der Waals surface area contributed by atoms with Gasteiger partial charge in [-0.3, -0.25) is 4.79 Å². The fourth-order valence-corrected chi connectivity index (χ4v) is 2.87. The van der Waals surface area contributed by atoms with E-state index in [1.54, 1.807) is 17.9 Å². The second-order valence-corrected chi connectivity index (χ2v) is 5.73. The summed E-state index contributed by atoms with van der Waals surface area (Å²) in [5.41, 5.74) is 0.967. The van der Waals surface area contributed by atoms with Gasteiger partial charge in [0.05, 0.1) is 17.8 Å². The second kappa shape index (κ2) is 5.26. The Hall–Kier alpha value is -2.98. The van der Waals surface area contributed by atoms with Gasteiger partial charge >= 0.3 is 6.18 Å². The van der Waals surface area contributed by atoms with Crippen LogP contribution in [0.2, 0.25) is 0 Å². The predicted molar refractivity (Wildman–Crippen MR) is 80.1 cm³/mol. The number of hydrogen-bond acceptors (Lipinski definition) is 6. The van der Waals surface area contributed by atoms with Gasteiger partial charge in [0, 0.05) is 13.0 Å². The quantitative estimate of drug-likeness (QED) is 0.706. The summed E-state index contributed by atoms with van der Waals surface area (Å²) in [6.45, 7) is 2.42. The molecule has 4 heterocycles. The molecule has 8 nitrogen and oxygen atoms in total. The molecule has 1 N–H and O–H groups in total. The lowest BCUT2D eigenvalue weighted by Crippen LogP contribution is -2.36. The van der Waals surface area contributed by atoms with Crippen molar-refractivity contribution in [1.29, 1.82) is 0 Å². The number of H-pyrrole nitrogens is 1. The maximum Gasteiger partial charge on any atom is 0.453 e. The molecule has 3 aromatic rings. The smallest absolute Gasteiger partial charge is 0.350 e. The highest BCUT2D eigenvalue weighted by atomic mass is 19.4. The summed E-state index contributed by atoms with van der Waals surface area (Å²) in [4.78, 5) is 20.8. The van der Waals surface area contributed by atoms with Crippen LogP contribution < -0.4 is 10.5 Å². The van der Waals surface area contributed by atoms with Crippen molar-refractivity contribution in [1.82, 2.24) is 29.8 Å². The van der Waals surface area contributed by atoms with E-state index in [0.29, 0.717) is 40.4 Å². The first-order valence-corrected chi connectivity index (χ1v) is 7.46. The number of rotatable bonds is 1. The van der Waals surface area contributed by atoms with Gasteiger partial charge in [-0.1, -0.05) is 0 Å². The number of anilines is 1. The Kier molecular flexibility index (Phi) is 3.27. The van der Waals surface area contributed by atoms with E-state index in [4.69, 9.17) is 0 Å². The van der Waals surface area contributed by atoms with Crippen molar-refractivity contribution >= 4 is 11.5 Å². The summed E-state index contributed by atoms with van der Waals surface area (Å²) in [6.07, 6.45) is -4.15. The highest BCUT2D eigenvalue weighted by Crippen LogP contribution is 2.28. The molecule has 0 aliphatic carbocycles. The summed E-state index contributed by atoms with van der Waals surface area (Å²) in [5.74, 6) is -0.337. The Morgan fingerprint density at radius 1 is 1.24 bits per heavy atom. The number of alkyl halides is 3. The highest BCUT2D eigenvalue weighted by Gasteiger charge is 2.38. The van der Waals surface area contributed by atoms with Gasteiger partial charge in [-0.2, -0.15) is 17.7 Å². The van der Waals surface area contributed by atoms with E-state index in [1.165, 1.54) is 6.07 Å². The Balaban J connectivity index is 1.74. The lowest BCUT2D eigenvalue weighted by atomic mass is 10.1. The molecule has 0 bridgehead atoms. The number of fused-ring (bicyclic) bond motifs is 2. The maximum absolute atomic E-state index is 13.0. The first-order valence-electron chi connectivity index (χ1n) is 7.46. The van der Waals surface area contributed by atoms with Crippen molar-refractivity contribution in [3.05, 3.63) is 45.4 Å². The fourth-order valence-electron chi connectivity index (χ4n) is 2.87. The van der Waals surface area contributed by atoms with Crippen LogP contribution in [0.5, 0.6) is 0 Å². The monoisotopic (exact) mass is 351 g/mol. The van der Waals surface area contributed by atoms with Crippen LogP contribution in [-0.4, -0.2) is 36.3 Å². The van der Waals surface area contributed by atoms with E-state index in [1.807, 2.05) is 0 Å². The zero-order valence-corrected chi connectivity index (χ0v) is 13.0. The summed E-state index contributed by atoms with van der Waals surface area (Å²) in [5, 5.41) is 10.6. The van der Waals surface area contributed by atoms with Gasteiger partial charge in [-0.15, -0.1) is 15.3 Å². The Bertz CT molecular complexity index is 1020. The topological polar surface area (TPSA) is 92.1 Å². The summed E-state index contributed by atoms with van der Waals surface area (Å²) < 4.78 is 39.6. The van der Waals surface area contributed by atoms with Gasteiger partial charge in [0.25, 0.3) is 11.4 Å². The number of nitrogens with zero attached hydrogens (tertiary/aromatic N) is 6. The third kappa shape index (κ3) is 2.61. The molecule has 0 unspecified atom stereocenters. The number of halogens is 3. The van der Waals surface area contributed by atoms with Crippen LogP contribution in [0.3, 0.4) is 0 Å². The zero-order chi connectivity index (χ0) is 17.8. The van der Waals surface area contributed by atoms with Crippen molar-refractivity contribution in [2.75, 3.05) is 11.4 Å². The standard InChI is InChI=1S/C14H12F3N7O/c1-7-18-9-4-5-23(6-8(9)12(25)19-7)11-3-2-10-20-21-13(14(15,16)17)24(10)22-11/h2-3H,4-6H2,1H3,(H,18,19,25). The van der Waals surface area contributed by atoms with E-state index < -0.39 is 12.0 Å². The lowest BCUT2D eigenvalue weighted by Gasteiger charge is -2.28. The summed E-state index contributed by atoms with van der Waals surface area (Å²) in [7, 11) is 0. The normalized spacial score (nSPS) is 14.8. The van der Waals surface area contributed by atoms with Gasteiger partial charge in [-0.05, 0) is 19.1 Å². The van der Waals surface area contributed by atoms with Crippen molar-refractivity contribution < 1.29 is 13.2 Å². The summed E-state index contributed by atoms with van der Waals surface area (Å²) in [6, 6.07) is 2.97. The van der Waals surface area contributed by atoms with Crippen molar-refractivity contribution in [3.63, 3.8) is 0 Å². The molecular weight excluding hydrogens is 339 g/mol. The Morgan fingerprint density at radius 2 is 2.04 bits per heavy atom. The van der Waals surface area contributed by atoms with Crippen LogP contribution in [-0.2, 0) is 19.1 Å².